The number of methoxy groups -OCH3 is 1. The SMILES string of the molecule is COc1ccc(C(C)Nc2cc(C)ccc2Br)cc1F. The van der Waals surface area contributed by atoms with E-state index in [1.807, 2.05) is 32.0 Å². The molecule has 2 aromatic carbocycles. The highest BCUT2D eigenvalue weighted by atomic mass is 79.9. The first-order chi connectivity index (χ1) is 9.51. The van der Waals surface area contributed by atoms with Crippen molar-refractivity contribution in [3.8, 4) is 5.75 Å². The first-order valence-electron chi connectivity index (χ1n) is 6.37. The highest BCUT2D eigenvalue weighted by Crippen LogP contribution is 2.29. The summed E-state index contributed by atoms with van der Waals surface area (Å²) in [7, 11) is 1.46. The quantitative estimate of drug-likeness (QED) is 0.840. The molecular weight excluding hydrogens is 321 g/mol. The number of halogens is 2. The van der Waals surface area contributed by atoms with E-state index in [9.17, 15) is 4.39 Å². The van der Waals surface area contributed by atoms with Gasteiger partial charge in [-0.3, -0.25) is 0 Å². The molecule has 0 aliphatic carbocycles. The minimum atomic E-state index is -0.345. The first-order valence-corrected chi connectivity index (χ1v) is 7.16. The molecule has 0 bridgehead atoms. The Morgan fingerprint density at radius 3 is 2.60 bits per heavy atom. The van der Waals surface area contributed by atoms with E-state index in [1.165, 1.54) is 18.7 Å². The summed E-state index contributed by atoms with van der Waals surface area (Å²) in [5.74, 6) is -0.0837. The summed E-state index contributed by atoms with van der Waals surface area (Å²) < 4.78 is 19.7. The Kier molecular flexibility index (Phi) is 4.65. The molecule has 4 heteroatoms. The summed E-state index contributed by atoms with van der Waals surface area (Å²) in [6.45, 7) is 4.03. The van der Waals surface area contributed by atoms with E-state index in [2.05, 4.69) is 27.3 Å². The molecule has 1 atom stereocenters. The molecule has 0 saturated carbocycles. The molecule has 1 unspecified atom stereocenters. The van der Waals surface area contributed by atoms with Crippen LogP contribution in [0.2, 0.25) is 0 Å². The second-order valence-electron chi connectivity index (χ2n) is 4.74. The van der Waals surface area contributed by atoms with E-state index in [0.717, 1.165) is 15.7 Å². The lowest BCUT2D eigenvalue weighted by atomic mass is 10.1. The van der Waals surface area contributed by atoms with E-state index < -0.39 is 0 Å². The Balaban J connectivity index is 2.21. The smallest absolute Gasteiger partial charge is 0.165 e. The lowest BCUT2D eigenvalue weighted by Gasteiger charge is -2.18. The largest absolute Gasteiger partial charge is 0.494 e. The summed E-state index contributed by atoms with van der Waals surface area (Å²) >= 11 is 3.51. The zero-order valence-electron chi connectivity index (χ0n) is 11.7. The minimum Gasteiger partial charge on any atom is -0.494 e. The average molecular weight is 338 g/mol. The maximum absolute atomic E-state index is 13.7. The van der Waals surface area contributed by atoms with Crippen LogP contribution in [0.25, 0.3) is 0 Å². The Labute approximate surface area is 127 Å². The number of nitrogens with one attached hydrogen (secondary N) is 1. The van der Waals surface area contributed by atoms with Crippen molar-refractivity contribution in [3.05, 3.63) is 57.8 Å². The van der Waals surface area contributed by atoms with Crippen LogP contribution in [0, 0.1) is 12.7 Å². The second kappa shape index (κ2) is 6.27. The second-order valence-corrected chi connectivity index (χ2v) is 5.60. The molecule has 2 aromatic rings. The van der Waals surface area contributed by atoms with Crippen LogP contribution in [0.4, 0.5) is 10.1 Å². The van der Waals surface area contributed by atoms with Gasteiger partial charge in [-0.1, -0.05) is 12.1 Å². The molecule has 106 valence electrons. The molecule has 1 N–H and O–H groups in total. The first kappa shape index (κ1) is 14.9. The Bertz CT molecular complexity index is 615. The lowest BCUT2D eigenvalue weighted by molar-refractivity contribution is 0.386. The Morgan fingerprint density at radius 1 is 1.20 bits per heavy atom. The van der Waals surface area contributed by atoms with E-state index in [-0.39, 0.29) is 17.6 Å². The van der Waals surface area contributed by atoms with Gasteiger partial charge < -0.3 is 10.1 Å². The average Bonchev–Trinajstić information content (AvgIpc) is 2.42. The predicted octanol–water partition coefficient (Wildman–Crippen LogP) is 5.08. The van der Waals surface area contributed by atoms with Crippen molar-refractivity contribution in [2.45, 2.75) is 19.9 Å². The van der Waals surface area contributed by atoms with E-state index in [1.54, 1.807) is 6.07 Å². The molecule has 0 radical (unpaired) electrons. The summed E-state index contributed by atoms with van der Waals surface area (Å²) in [5, 5.41) is 3.38. The Hall–Kier alpha value is -1.55. The highest BCUT2D eigenvalue weighted by molar-refractivity contribution is 9.10. The molecule has 0 amide bonds. The van der Waals surface area contributed by atoms with Crippen LogP contribution in [0.15, 0.2) is 40.9 Å². The van der Waals surface area contributed by atoms with Gasteiger partial charge in [0, 0.05) is 16.2 Å². The van der Waals surface area contributed by atoms with Gasteiger partial charge in [-0.25, -0.2) is 4.39 Å². The van der Waals surface area contributed by atoms with Gasteiger partial charge in [0.25, 0.3) is 0 Å². The molecule has 0 aliphatic rings. The fourth-order valence-electron chi connectivity index (χ4n) is 2.02. The molecule has 0 aliphatic heterocycles. The van der Waals surface area contributed by atoms with E-state index in [0.29, 0.717) is 0 Å². The Morgan fingerprint density at radius 2 is 1.95 bits per heavy atom. The number of ether oxygens (including phenoxy) is 1. The molecule has 0 aromatic heterocycles. The van der Waals surface area contributed by atoms with Gasteiger partial charge in [0.05, 0.1) is 7.11 Å². The summed E-state index contributed by atoms with van der Waals surface area (Å²) in [4.78, 5) is 0. The molecule has 0 spiro atoms. The molecule has 0 heterocycles. The van der Waals surface area contributed by atoms with Crippen LogP contribution in [0.1, 0.15) is 24.1 Å². The molecule has 0 fully saturated rings. The maximum Gasteiger partial charge on any atom is 0.165 e. The molecular formula is C16H17BrFNO. The van der Waals surface area contributed by atoms with Gasteiger partial charge in [-0.2, -0.15) is 0 Å². The third-order valence-corrected chi connectivity index (χ3v) is 3.86. The fraction of sp³-hybridized carbons (Fsp3) is 0.250. The van der Waals surface area contributed by atoms with Crippen LogP contribution in [-0.4, -0.2) is 7.11 Å². The zero-order chi connectivity index (χ0) is 14.7. The van der Waals surface area contributed by atoms with Gasteiger partial charge in [0.1, 0.15) is 0 Å². The summed E-state index contributed by atoms with van der Waals surface area (Å²) in [5.41, 5.74) is 3.04. The molecule has 0 saturated heterocycles. The molecule has 2 nitrogen and oxygen atoms in total. The number of rotatable bonds is 4. The lowest BCUT2D eigenvalue weighted by Crippen LogP contribution is -2.07. The number of hydrogen-bond donors (Lipinski definition) is 1. The van der Waals surface area contributed by atoms with Gasteiger partial charge in [0.15, 0.2) is 11.6 Å². The van der Waals surface area contributed by atoms with E-state index in [4.69, 9.17) is 4.74 Å². The number of hydrogen-bond acceptors (Lipinski definition) is 2. The van der Waals surface area contributed by atoms with Crippen molar-refractivity contribution in [3.63, 3.8) is 0 Å². The van der Waals surface area contributed by atoms with Crippen LogP contribution in [-0.2, 0) is 0 Å². The van der Waals surface area contributed by atoms with Crippen LogP contribution < -0.4 is 10.1 Å². The van der Waals surface area contributed by atoms with Crippen LogP contribution in [0.3, 0.4) is 0 Å². The van der Waals surface area contributed by atoms with Crippen molar-refractivity contribution >= 4 is 21.6 Å². The van der Waals surface area contributed by atoms with Crippen molar-refractivity contribution < 1.29 is 9.13 Å². The third-order valence-electron chi connectivity index (χ3n) is 3.17. The third kappa shape index (κ3) is 3.31. The number of benzene rings is 2. The number of anilines is 1. The van der Waals surface area contributed by atoms with Gasteiger partial charge >= 0.3 is 0 Å². The van der Waals surface area contributed by atoms with Crippen LogP contribution >= 0.6 is 15.9 Å². The van der Waals surface area contributed by atoms with Crippen LogP contribution in [0.5, 0.6) is 5.75 Å². The highest BCUT2D eigenvalue weighted by Gasteiger charge is 2.11. The van der Waals surface area contributed by atoms with E-state index >= 15 is 0 Å². The van der Waals surface area contributed by atoms with Crippen molar-refractivity contribution in [2.75, 3.05) is 12.4 Å². The van der Waals surface area contributed by atoms with Crippen molar-refractivity contribution in [1.29, 1.82) is 0 Å². The number of aryl methyl sites for hydroxylation is 1. The summed E-state index contributed by atoms with van der Waals surface area (Å²) in [6, 6.07) is 11.1. The van der Waals surface area contributed by atoms with Gasteiger partial charge in [0.2, 0.25) is 0 Å². The summed E-state index contributed by atoms with van der Waals surface area (Å²) in [6.07, 6.45) is 0. The zero-order valence-corrected chi connectivity index (χ0v) is 13.3. The standard InChI is InChI=1S/C16H17BrFNO/c1-10-4-6-13(17)15(8-10)19-11(2)12-5-7-16(20-3)14(18)9-12/h4-9,11,19H,1-3H3. The van der Waals surface area contributed by atoms with Gasteiger partial charge in [-0.15, -0.1) is 0 Å². The molecule has 20 heavy (non-hydrogen) atoms. The topological polar surface area (TPSA) is 21.3 Å². The maximum atomic E-state index is 13.7. The van der Waals surface area contributed by atoms with Crippen molar-refractivity contribution in [2.24, 2.45) is 0 Å². The monoisotopic (exact) mass is 337 g/mol. The van der Waals surface area contributed by atoms with Crippen molar-refractivity contribution in [1.82, 2.24) is 0 Å². The predicted molar refractivity (Wildman–Crippen MR) is 83.9 cm³/mol. The fourth-order valence-corrected chi connectivity index (χ4v) is 2.38. The molecule has 2 rings (SSSR count). The normalized spacial score (nSPS) is 12.1. The van der Waals surface area contributed by atoms with Gasteiger partial charge in [-0.05, 0) is 65.2 Å². The minimum absolute atomic E-state index is 0.00601.